The van der Waals surface area contributed by atoms with Gasteiger partial charge in [0.1, 0.15) is 31.0 Å². The lowest BCUT2D eigenvalue weighted by Gasteiger charge is -2.49. The first kappa shape index (κ1) is 31.8. The molecule has 0 aliphatic carbocycles. The predicted molar refractivity (Wildman–Crippen MR) is 149 cm³/mol. The number of ether oxygens (including phenoxy) is 7. The predicted octanol–water partition coefficient (Wildman–Crippen LogP) is 4.84. The largest absolute Gasteiger partial charge is 0.464 e. The van der Waals surface area contributed by atoms with Crippen LogP contribution in [0.5, 0.6) is 0 Å². The molecule has 2 aliphatic heterocycles. The first-order chi connectivity index (χ1) is 19.6. The van der Waals surface area contributed by atoms with E-state index in [0.717, 1.165) is 11.1 Å². The topological polar surface area (TPSA) is 111 Å². The summed E-state index contributed by atoms with van der Waals surface area (Å²) in [7, 11) is 0. The third-order valence-corrected chi connectivity index (χ3v) is 6.63. The summed E-state index contributed by atoms with van der Waals surface area (Å²) in [6.07, 6.45) is -6.16. The van der Waals surface area contributed by atoms with Gasteiger partial charge < -0.3 is 38.5 Å². The number of alkyl carbamates (subject to hydrolysis) is 1. The second-order valence-electron chi connectivity index (χ2n) is 9.37. The van der Waals surface area contributed by atoms with Gasteiger partial charge in [-0.15, -0.1) is 0 Å². The van der Waals surface area contributed by atoms with Crippen LogP contribution >= 0.6 is 34.8 Å². The lowest BCUT2D eigenvalue weighted by atomic mass is 9.95. The van der Waals surface area contributed by atoms with Gasteiger partial charge in [0.2, 0.25) is 3.79 Å². The Morgan fingerprint density at radius 2 is 1.71 bits per heavy atom. The number of hydrogen-bond acceptors (Lipinski definition) is 9. The quantitative estimate of drug-likeness (QED) is 0.291. The first-order valence-corrected chi connectivity index (χ1v) is 14.2. The minimum absolute atomic E-state index is 0.132. The molecule has 224 valence electrons. The standard InChI is InChI=1S/C28H32Cl3NO9/c1-3-35-24(33)17(2)39-23-21(32-27(34)38-16-28(29,30)31)26(36-14-18-10-6-4-7-11-18)40-20-15-37-25(41-22(20)23)19-12-8-5-9-13-19/h4-13,17,20-23,25-26H,3,14-16H2,1-2H3,(H,32,34)/t17?,20-,21-,22-,23-,25?,26+/m1/s1. The van der Waals surface area contributed by atoms with Crippen molar-refractivity contribution in [1.82, 2.24) is 5.32 Å². The number of fused-ring (bicyclic) bond motifs is 1. The van der Waals surface area contributed by atoms with Gasteiger partial charge in [0.25, 0.3) is 0 Å². The highest BCUT2D eigenvalue weighted by molar-refractivity contribution is 6.67. The zero-order chi connectivity index (χ0) is 29.4. The minimum atomic E-state index is -1.82. The van der Waals surface area contributed by atoms with Crippen molar-refractivity contribution < 1.29 is 42.7 Å². The molecule has 7 atom stereocenters. The molecule has 2 heterocycles. The van der Waals surface area contributed by atoms with E-state index in [1.165, 1.54) is 0 Å². The van der Waals surface area contributed by atoms with Crippen LogP contribution in [-0.2, 0) is 44.6 Å². The molecule has 0 radical (unpaired) electrons. The van der Waals surface area contributed by atoms with Crippen LogP contribution in [0.1, 0.15) is 31.3 Å². The molecule has 0 bridgehead atoms. The smallest absolute Gasteiger partial charge is 0.407 e. The molecule has 2 aromatic rings. The maximum atomic E-state index is 12.9. The van der Waals surface area contributed by atoms with Gasteiger partial charge in [0.15, 0.2) is 18.7 Å². The fourth-order valence-electron chi connectivity index (χ4n) is 4.44. The Hall–Kier alpha value is -2.15. The molecule has 0 aromatic heterocycles. The SMILES string of the molecule is CCOC(=O)C(C)O[C@@H]1[C@@H](NC(=O)OCC(Cl)(Cl)Cl)[C@@H](OCc2ccccc2)O[C@@H]2COC(c3ccccc3)O[C@@H]12. The van der Waals surface area contributed by atoms with Crippen LogP contribution in [0, 0.1) is 0 Å². The summed E-state index contributed by atoms with van der Waals surface area (Å²) in [5.74, 6) is -0.582. The van der Waals surface area contributed by atoms with Crippen molar-refractivity contribution in [2.75, 3.05) is 19.8 Å². The van der Waals surface area contributed by atoms with E-state index >= 15 is 0 Å². The molecular weight excluding hydrogens is 601 g/mol. The molecule has 2 aliphatic rings. The average Bonchev–Trinajstić information content (AvgIpc) is 2.96. The van der Waals surface area contributed by atoms with Crippen molar-refractivity contribution in [2.45, 2.75) is 67.3 Å². The van der Waals surface area contributed by atoms with Gasteiger partial charge in [0.05, 0.1) is 19.8 Å². The fourth-order valence-corrected chi connectivity index (χ4v) is 4.60. The number of carbonyl (C=O) groups is 2. The van der Waals surface area contributed by atoms with Gasteiger partial charge in [-0.05, 0) is 19.4 Å². The summed E-state index contributed by atoms with van der Waals surface area (Å²) < 4.78 is 39.4. The number of hydrogen-bond donors (Lipinski definition) is 1. The van der Waals surface area contributed by atoms with Crippen molar-refractivity contribution in [3.8, 4) is 0 Å². The third kappa shape index (κ3) is 9.17. The lowest BCUT2D eigenvalue weighted by molar-refractivity contribution is -0.351. The Morgan fingerprint density at radius 3 is 2.37 bits per heavy atom. The van der Waals surface area contributed by atoms with Crippen LogP contribution in [-0.4, -0.2) is 72.4 Å². The second kappa shape index (κ2) is 14.8. The van der Waals surface area contributed by atoms with Crippen molar-refractivity contribution in [3.63, 3.8) is 0 Å². The van der Waals surface area contributed by atoms with Crippen molar-refractivity contribution in [2.24, 2.45) is 0 Å². The first-order valence-electron chi connectivity index (χ1n) is 13.1. The van der Waals surface area contributed by atoms with E-state index in [-0.39, 0.29) is 19.8 Å². The molecule has 10 nitrogen and oxygen atoms in total. The molecule has 0 spiro atoms. The molecule has 4 rings (SSSR count). The molecule has 2 aromatic carbocycles. The Kier molecular flexibility index (Phi) is 11.5. The summed E-state index contributed by atoms with van der Waals surface area (Å²) >= 11 is 17.3. The number of benzene rings is 2. The van der Waals surface area contributed by atoms with Crippen molar-refractivity contribution >= 4 is 46.9 Å². The van der Waals surface area contributed by atoms with Crippen molar-refractivity contribution in [1.29, 1.82) is 0 Å². The lowest BCUT2D eigenvalue weighted by Crippen LogP contribution is -2.68. The zero-order valence-electron chi connectivity index (χ0n) is 22.5. The highest BCUT2D eigenvalue weighted by Crippen LogP contribution is 2.36. The number of nitrogens with one attached hydrogen (secondary N) is 1. The molecule has 13 heteroatoms. The van der Waals surface area contributed by atoms with Crippen LogP contribution in [0.3, 0.4) is 0 Å². The third-order valence-electron chi connectivity index (χ3n) is 6.30. The van der Waals surface area contributed by atoms with E-state index in [0.29, 0.717) is 0 Å². The van der Waals surface area contributed by atoms with E-state index in [9.17, 15) is 9.59 Å². The van der Waals surface area contributed by atoms with E-state index in [1.54, 1.807) is 13.8 Å². The maximum absolute atomic E-state index is 12.9. The number of esters is 1. The number of carbonyl (C=O) groups excluding carboxylic acids is 2. The Bertz CT molecular complexity index is 1120. The highest BCUT2D eigenvalue weighted by atomic mass is 35.6. The van der Waals surface area contributed by atoms with Crippen molar-refractivity contribution in [3.05, 3.63) is 71.8 Å². The Morgan fingerprint density at radius 1 is 1.02 bits per heavy atom. The summed E-state index contributed by atoms with van der Waals surface area (Å²) in [6.45, 7) is 3.19. The molecule has 1 N–H and O–H groups in total. The molecule has 41 heavy (non-hydrogen) atoms. The molecular formula is C28H32Cl3NO9. The molecule has 2 unspecified atom stereocenters. The molecule has 2 saturated heterocycles. The maximum Gasteiger partial charge on any atom is 0.407 e. The summed E-state index contributed by atoms with van der Waals surface area (Å²) in [5, 5.41) is 2.71. The van der Waals surface area contributed by atoms with E-state index in [4.69, 9.17) is 68.0 Å². The summed E-state index contributed by atoms with van der Waals surface area (Å²) in [6, 6.07) is 17.7. The summed E-state index contributed by atoms with van der Waals surface area (Å²) in [5.41, 5.74) is 1.64. The van der Waals surface area contributed by atoms with Crippen LogP contribution in [0.15, 0.2) is 60.7 Å². The van der Waals surface area contributed by atoms with Crippen LogP contribution in [0.25, 0.3) is 0 Å². The number of halogens is 3. The van der Waals surface area contributed by atoms with Gasteiger partial charge in [-0.2, -0.15) is 0 Å². The Labute approximate surface area is 253 Å². The van der Waals surface area contributed by atoms with Crippen LogP contribution in [0.4, 0.5) is 4.79 Å². The van der Waals surface area contributed by atoms with Crippen LogP contribution < -0.4 is 5.32 Å². The monoisotopic (exact) mass is 631 g/mol. The van der Waals surface area contributed by atoms with Gasteiger partial charge in [-0.25, -0.2) is 9.59 Å². The summed E-state index contributed by atoms with van der Waals surface area (Å²) in [4.78, 5) is 25.4. The van der Waals surface area contributed by atoms with Crippen LogP contribution in [0.2, 0.25) is 0 Å². The number of amides is 1. The zero-order valence-corrected chi connectivity index (χ0v) is 24.7. The number of rotatable bonds is 10. The van der Waals surface area contributed by atoms with E-state index in [1.807, 2.05) is 60.7 Å². The molecule has 0 saturated carbocycles. The van der Waals surface area contributed by atoms with Gasteiger partial charge in [-0.3, -0.25) is 0 Å². The highest BCUT2D eigenvalue weighted by Gasteiger charge is 2.53. The second-order valence-corrected chi connectivity index (χ2v) is 11.9. The van der Waals surface area contributed by atoms with Gasteiger partial charge >= 0.3 is 12.1 Å². The van der Waals surface area contributed by atoms with Gasteiger partial charge in [-0.1, -0.05) is 95.5 Å². The fraction of sp³-hybridized carbons (Fsp3) is 0.500. The number of alkyl halides is 3. The van der Waals surface area contributed by atoms with Gasteiger partial charge in [0, 0.05) is 5.56 Å². The Balaban J connectivity index is 1.62. The average molecular weight is 633 g/mol. The van der Waals surface area contributed by atoms with E-state index < -0.39 is 65.5 Å². The molecule has 2 fully saturated rings. The normalized spacial score (nSPS) is 26.9. The minimum Gasteiger partial charge on any atom is -0.464 e. The van der Waals surface area contributed by atoms with E-state index in [2.05, 4.69) is 5.32 Å². The molecule has 1 amide bonds.